The summed E-state index contributed by atoms with van der Waals surface area (Å²) >= 11 is 2.19. The van der Waals surface area contributed by atoms with Crippen molar-refractivity contribution in [1.29, 1.82) is 0 Å². The van der Waals surface area contributed by atoms with Crippen molar-refractivity contribution >= 4 is 11.8 Å². The molecule has 1 heterocycles. The molecule has 0 radical (unpaired) electrons. The molecule has 1 fully saturated rings. The van der Waals surface area contributed by atoms with Gasteiger partial charge in [0.1, 0.15) is 0 Å². The molecular formula is C16H26S. The maximum Gasteiger partial charge on any atom is 0.00473 e. The summed E-state index contributed by atoms with van der Waals surface area (Å²) in [6.45, 7) is 5.84. The second kappa shape index (κ2) is 9.58. The van der Waals surface area contributed by atoms with E-state index in [4.69, 9.17) is 0 Å². The zero-order chi connectivity index (χ0) is 12.3. The van der Waals surface area contributed by atoms with Crippen LogP contribution in [0.4, 0.5) is 0 Å². The quantitative estimate of drug-likeness (QED) is 0.404. The summed E-state index contributed by atoms with van der Waals surface area (Å²) in [5.41, 5.74) is 1.41. The molecule has 1 aliphatic rings. The van der Waals surface area contributed by atoms with Gasteiger partial charge in [-0.2, -0.15) is 11.8 Å². The lowest BCUT2D eigenvalue weighted by atomic mass is 10.0. The van der Waals surface area contributed by atoms with Gasteiger partial charge >= 0.3 is 0 Å². The van der Waals surface area contributed by atoms with E-state index in [9.17, 15) is 0 Å². The SMILES string of the molecule is C=C/C=C(\C=C/C)CCCCCC1CCCS1. The normalized spacial score (nSPS) is 21.2. The zero-order valence-corrected chi connectivity index (χ0v) is 12.0. The summed E-state index contributed by atoms with van der Waals surface area (Å²) in [5.74, 6) is 1.40. The van der Waals surface area contributed by atoms with Gasteiger partial charge in [0.15, 0.2) is 0 Å². The Hall–Kier alpha value is -0.430. The van der Waals surface area contributed by atoms with Gasteiger partial charge in [0, 0.05) is 5.25 Å². The number of thioether (sulfide) groups is 1. The first-order valence-corrected chi connectivity index (χ1v) is 7.97. The van der Waals surface area contributed by atoms with E-state index in [1.54, 1.807) is 0 Å². The largest absolute Gasteiger partial charge is 0.159 e. The molecule has 0 bridgehead atoms. The Morgan fingerprint density at radius 2 is 2.24 bits per heavy atom. The van der Waals surface area contributed by atoms with Crippen molar-refractivity contribution in [1.82, 2.24) is 0 Å². The van der Waals surface area contributed by atoms with Crippen LogP contribution < -0.4 is 0 Å². The molecule has 96 valence electrons. The predicted molar refractivity (Wildman–Crippen MR) is 81.7 cm³/mol. The highest BCUT2D eigenvalue weighted by molar-refractivity contribution is 8.00. The molecular weight excluding hydrogens is 224 g/mol. The van der Waals surface area contributed by atoms with E-state index in [1.165, 1.54) is 56.3 Å². The molecule has 0 aromatic rings. The van der Waals surface area contributed by atoms with E-state index in [0.29, 0.717) is 0 Å². The molecule has 1 rings (SSSR count). The van der Waals surface area contributed by atoms with Crippen LogP contribution in [0.3, 0.4) is 0 Å². The van der Waals surface area contributed by atoms with Crippen LogP contribution in [-0.4, -0.2) is 11.0 Å². The smallest absolute Gasteiger partial charge is 0.00473 e. The van der Waals surface area contributed by atoms with E-state index >= 15 is 0 Å². The lowest BCUT2D eigenvalue weighted by molar-refractivity contribution is 0.613. The highest BCUT2D eigenvalue weighted by Crippen LogP contribution is 2.30. The topological polar surface area (TPSA) is 0 Å². The Kier molecular flexibility index (Phi) is 8.25. The van der Waals surface area contributed by atoms with Gasteiger partial charge in [0.2, 0.25) is 0 Å². The van der Waals surface area contributed by atoms with Crippen molar-refractivity contribution in [2.45, 2.75) is 57.1 Å². The fourth-order valence-electron chi connectivity index (χ4n) is 2.34. The van der Waals surface area contributed by atoms with Crippen LogP contribution in [0.2, 0.25) is 0 Å². The second-order valence-electron chi connectivity index (χ2n) is 4.71. The molecule has 0 aromatic carbocycles. The van der Waals surface area contributed by atoms with E-state index in [1.807, 2.05) is 6.08 Å². The second-order valence-corrected chi connectivity index (χ2v) is 6.12. The van der Waals surface area contributed by atoms with Crippen LogP contribution in [0.25, 0.3) is 0 Å². The van der Waals surface area contributed by atoms with Gasteiger partial charge in [-0.15, -0.1) is 0 Å². The molecule has 1 unspecified atom stereocenters. The van der Waals surface area contributed by atoms with Crippen molar-refractivity contribution in [3.8, 4) is 0 Å². The minimum Gasteiger partial charge on any atom is -0.159 e. The summed E-state index contributed by atoms with van der Waals surface area (Å²) in [5, 5.41) is 0.980. The third kappa shape index (κ3) is 6.78. The molecule has 1 heteroatoms. The van der Waals surface area contributed by atoms with E-state index in [-0.39, 0.29) is 0 Å². The highest BCUT2D eigenvalue weighted by Gasteiger charge is 2.14. The van der Waals surface area contributed by atoms with Crippen LogP contribution in [0, 0.1) is 0 Å². The minimum absolute atomic E-state index is 0.980. The van der Waals surface area contributed by atoms with E-state index in [2.05, 4.69) is 43.5 Å². The molecule has 1 atom stereocenters. The molecule has 17 heavy (non-hydrogen) atoms. The van der Waals surface area contributed by atoms with Gasteiger partial charge in [-0.25, -0.2) is 0 Å². The lowest BCUT2D eigenvalue weighted by Gasteiger charge is -2.07. The van der Waals surface area contributed by atoms with Crippen LogP contribution in [0.5, 0.6) is 0 Å². The molecule has 1 aliphatic heterocycles. The molecule has 0 spiro atoms. The molecule has 0 aromatic heterocycles. The van der Waals surface area contributed by atoms with Gasteiger partial charge in [-0.3, -0.25) is 0 Å². The summed E-state index contributed by atoms with van der Waals surface area (Å²) in [4.78, 5) is 0. The zero-order valence-electron chi connectivity index (χ0n) is 11.2. The molecule has 0 N–H and O–H groups in total. The standard InChI is InChI=1S/C16H26S/c1-3-9-15(10-4-2)11-6-5-7-12-16-13-8-14-17-16/h3-4,9-10,16H,1,5-8,11-14H2,2H3/b10-4-,15-9+. The van der Waals surface area contributed by atoms with Gasteiger partial charge in [-0.1, -0.05) is 43.7 Å². The number of unbranched alkanes of at least 4 members (excludes halogenated alkanes) is 2. The lowest BCUT2D eigenvalue weighted by Crippen LogP contribution is -1.95. The van der Waals surface area contributed by atoms with E-state index in [0.717, 1.165) is 5.25 Å². The first kappa shape index (κ1) is 14.6. The third-order valence-electron chi connectivity index (χ3n) is 3.23. The molecule has 1 saturated heterocycles. The number of hydrogen-bond acceptors (Lipinski definition) is 1. The highest BCUT2D eigenvalue weighted by atomic mass is 32.2. The van der Waals surface area contributed by atoms with Crippen molar-refractivity contribution in [3.05, 3.63) is 36.5 Å². The average Bonchev–Trinajstić information content (AvgIpc) is 2.82. The van der Waals surface area contributed by atoms with Crippen LogP contribution >= 0.6 is 11.8 Å². The Morgan fingerprint density at radius 1 is 1.35 bits per heavy atom. The van der Waals surface area contributed by atoms with Gasteiger partial charge in [0.05, 0.1) is 0 Å². The predicted octanol–water partition coefficient (Wildman–Crippen LogP) is 5.52. The number of rotatable bonds is 8. The van der Waals surface area contributed by atoms with E-state index < -0.39 is 0 Å². The fraction of sp³-hybridized carbons (Fsp3) is 0.625. The first-order chi connectivity index (χ1) is 8.36. The van der Waals surface area contributed by atoms with Crippen LogP contribution in [0.15, 0.2) is 36.5 Å². The summed E-state index contributed by atoms with van der Waals surface area (Å²) in [7, 11) is 0. The van der Waals surface area contributed by atoms with Crippen LogP contribution in [0.1, 0.15) is 51.9 Å². The summed E-state index contributed by atoms with van der Waals surface area (Å²) < 4.78 is 0. The Balaban J connectivity index is 2.05. The molecule has 0 saturated carbocycles. The number of allylic oxidation sites excluding steroid dienone is 5. The Labute approximate surface area is 111 Å². The van der Waals surface area contributed by atoms with Crippen molar-refractivity contribution in [3.63, 3.8) is 0 Å². The Bertz CT molecular complexity index is 257. The van der Waals surface area contributed by atoms with Gasteiger partial charge in [0.25, 0.3) is 0 Å². The van der Waals surface area contributed by atoms with Crippen molar-refractivity contribution < 1.29 is 0 Å². The molecule has 0 amide bonds. The maximum atomic E-state index is 3.77. The summed E-state index contributed by atoms with van der Waals surface area (Å²) in [6, 6.07) is 0. The minimum atomic E-state index is 0.980. The van der Waals surface area contributed by atoms with Crippen molar-refractivity contribution in [2.24, 2.45) is 0 Å². The average molecular weight is 250 g/mol. The Morgan fingerprint density at radius 3 is 2.88 bits per heavy atom. The maximum absolute atomic E-state index is 3.77. The fourth-order valence-corrected chi connectivity index (χ4v) is 3.67. The molecule has 0 nitrogen and oxygen atoms in total. The monoisotopic (exact) mass is 250 g/mol. The third-order valence-corrected chi connectivity index (χ3v) is 4.70. The van der Waals surface area contributed by atoms with Gasteiger partial charge in [-0.05, 0) is 50.4 Å². The molecule has 0 aliphatic carbocycles. The van der Waals surface area contributed by atoms with Gasteiger partial charge < -0.3 is 0 Å². The van der Waals surface area contributed by atoms with Crippen LogP contribution in [-0.2, 0) is 0 Å². The number of hydrogen-bond donors (Lipinski definition) is 0. The summed E-state index contributed by atoms with van der Waals surface area (Å²) in [6.07, 6.45) is 18.0. The van der Waals surface area contributed by atoms with Crippen molar-refractivity contribution in [2.75, 3.05) is 5.75 Å². The first-order valence-electron chi connectivity index (χ1n) is 6.92.